The zero-order chi connectivity index (χ0) is 15.9. The van der Waals surface area contributed by atoms with Gasteiger partial charge in [-0.1, -0.05) is 0 Å². The van der Waals surface area contributed by atoms with Crippen LogP contribution in [0.1, 0.15) is 43.4 Å². The molecule has 0 spiro atoms. The Bertz CT molecular complexity index is 723. The van der Waals surface area contributed by atoms with E-state index in [1.165, 1.54) is 0 Å². The molecular formula is C16H18N4O2. The summed E-state index contributed by atoms with van der Waals surface area (Å²) < 4.78 is 7.28. The van der Waals surface area contributed by atoms with E-state index in [0.29, 0.717) is 24.2 Å². The van der Waals surface area contributed by atoms with E-state index in [4.69, 9.17) is 10.1 Å². The summed E-state index contributed by atoms with van der Waals surface area (Å²) in [4.78, 5) is 12.4. The minimum Gasteiger partial charge on any atom is -0.446 e. The molecule has 22 heavy (non-hydrogen) atoms. The zero-order valence-corrected chi connectivity index (χ0v) is 12.7. The largest absolute Gasteiger partial charge is 0.446 e. The van der Waals surface area contributed by atoms with Gasteiger partial charge >= 0.3 is 0 Å². The van der Waals surface area contributed by atoms with Crippen LogP contribution in [0.5, 0.6) is 0 Å². The van der Waals surface area contributed by atoms with E-state index in [1.807, 2.05) is 20.0 Å². The molecular weight excluding hydrogens is 280 g/mol. The van der Waals surface area contributed by atoms with Crippen molar-refractivity contribution in [3.8, 4) is 6.07 Å². The van der Waals surface area contributed by atoms with Gasteiger partial charge in [0.05, 0.1) is 11.8 Å². The number of carbonyl (C=O) groups excluding carboxylic acids is 1. The van der Waals surface area contributed by atoms with Crippen molar-refractivity contribution in [1.29, 1.82) is 10.7 Å². The summed E-state index contributed by atoms with van der Waals surface area (Å²) in [7, 11) is 0. The highest BCUT2D eigenvalue weighted by Crippen LogP contribution is 2.44. The molecule has 0 saturated heterocycles. The van der Waals surface area contributed by atoms with Gasteiger partial charge < -0.3 is 4.74 Å². The molecule has 2 unspecified atom stereocenters. The van der Waals surface area contributed by atoms with Crippen molar-refractivity contribution in [1.82, 2.24) is 9.78 Å². The zero-order valence-electron chi connectivity index (χ0n) is 12.7. The van der Waals surface area contributed by atoms with Crippen LogP contribution in [-0.4, -0.2) is 21.5 Å². The number of aromatic nitrogens is 2. The fourth-order valence-electron chi connectivity index (χ4n) is 3.27. The first-order valence-electron chi connectivity index (χ1n) is 7.52. The number of aryl methyl sites for hydroxylation is 2. The van der Waals surface area contributed by atoms with E-state index >= 15 is 0 Å². The van der Waals surface area contributed by atoms with Gasteiger partial charge in [-0.2, -0.15) is 10.4 Å². The van der Waals surface area contributed by atoms with Crippen molar-refractivity contribution >= 4 is 11.7 Å². The third kappa shape index (κ3) is 2.13. The molecule has 114 valence electrons. The van der Waals surface area contributed by atoms with E-state index in [1.54, 1.807) is 4.68 Å². The average Bonchev–Trinajstić information content (AvgIpc) is 2.87. The average molecular weight is 298 g/mol. The molecule has 2 aliphatic rings. The van der Waals surface area contributed by atoms with Gasteiger partial charge in [0.1, 0.15) is 11.7 Å². The summed E-state index contributed by atoms with van der Waals surface area (Å²) in [5.74, 6) is -0.669. The van der Waals surface area contributed by atoms with Gasteiger partial charge in [-0.25, -0.2) is 0 Å². The Morgan fingerprint density at radius 3 is 2.95 bits per heavy atom. The lowest BCUT2D eigenvalue weighted by Gasteiger charge is -2.33. The molecule has 1 aromatic rings. The van der Waals surface area contributed by atoms with Gasteiger partial charge in [0.15, 0.2) is 5.78 Å². The summed E-state index contributed by atoms with van der Waals surface area (Å²) in [6.45, 7) is 4.58. The molecule has 2 heterocycles. The fourth-order valence-corrected chi connectivity index (χ4v) is 3.27. The molecule has 1 aliphatic carbocycles. The topological polar surface area (TPSA) is 91.8 Å². The lowest BCUT2D eigenvalue weighted by atomic mass is 9.74. The van der Waals surface area contributed by atoms with Gasteiger partial charge in [-0.05, 0) is 20.3 Å². The van der Waals surface area contributed by atoms with Gasteiger partial charge in [0.25, 0.3) is 0 Å². The molecule has 1 aliphatic heterocycles. The Balaban J connectivity index is 2.18. The van der Waals surface area contributed by atoms with Crippen LogP contribution >= 0.6 is 0 Å². The van der Waals surface area contributed by atoms with Crippen LogP contribution in [0, 0.1) is 29.6 Å². The SMILES string of the molecule is CCn1cc(C2C3=C(CCCC3=O)OC(=N)C2C#N)c(C)n1. The number of nitrogens with one attached hydrogen (secondary N) is 1. The Morgan fingerprint density at radius 1 is 1.55 bits per heavy atom. The molecule has 1 aromatic heterocycles. The number of carbonyl (C=O) groups is 1. The summed E-state index contributed by atoms with van der Waals surface area (Å²) >= 11 is 0. The maximum atomic E-state index is 12.4. The molecule has 6 nitrogen and oxygen atoms in total. The summed E-state index contributed by atoms with van der Waals surface area (Å²) in [5.41, 5.74) is 2.23. The second-order valence-corrected chi connectivity index (χ2v) is 5.69. The van der Waals surface area contributed by atoms with Crippen molar-refractivity contribution in [3.63, 3.8) is 0 Å². The maximum absolute atomic E-state index is 12.4. The monoisotopic (exact) mass is 298 g/mol. The second kappa shape index (κ2) is 5.41. The molecule has 0 fully saturated rings. The van der Waals surface area contributed by atoms with E-state index in [-0.39, 0.29) is 11.7 Å². The number of nitrogens with zero attached hydrogens (tertiary/aromatic N) is 3. The minimum absolute atomic E-state index is 0.0302. The number of hydrogen-bond donors (Lipinski definition) is 1. The van der Waals surface area contributed by atoms with Crippen molar-refractivity contribution in [2.24, 2.45) is 5.92 Å². The fraction of sp³-hybridized carbons (Fsp3) is 0.500. The Morgan fingerprint density at radius 2 is 2.32 bits per heavy atom. The van der Waals surface area contributed by atoms with Crippen molar-refractivity contribution in [2.75, 3.05) is 0 Å². The van der Waals surface area contributed by atoms with Crippen LogP contribution in [-0.2, 0) is 16.1 Å². The molecule has 0 bridgehead atoms. The highest BCUT2D eigenvalue weighted by atomic mass is 16.5. The van der Waals surface area contributed by atoms with Gasteiger partial charge in [0.2, 0.25) is 5.90 Å². The number of ether oxygens (including phenoxy) is 1. The Labute approximate surface area is 128 Å². The molecule has 3 rings (SSSR count). The quantitative estimate of drug-likeness (QED) is 0.907. The van der Waals surface area contributed by atoms with Crippen molar-refractivity contribution in [2.45, 2.75) is 45.6 Å². The molecule has 0 amide bonds. The summed E-state index contributed by atoms with van der Waals surface area (Å²) in [6.07, 6.45) is 3.75. The van der Waals surface area contributed by atoms with Crippen LogP contribution in [0.4, 0.5) is 0 Å². The number of nitriles is 1. The summed E-state index contributed by atoms with van der Waals surface area (Å²) in [5, 5.41) is 21.9. The highest BCUT2D eigenvalue weighted by Gasteiger charge is 2.43. The first-order valence-corrected chi connectivity index (χ1v) is 7.52. The maximum Gasteiger partial charge on any atom is 0.205 e. The second-order valence-electron chi connectivity index (χ2n) is 5.69. The van der Waals surface area contributed by atoms with Crippen LogP contribution < -0.4 is 0 Å². The van der Waals surface area contributed by atoms with Crippen molar-refractivity contribution < 1.29 is 9.53 Å². The number of hydrogen-bond acceptors (Lipinski definition) is 5. The molecule has 0 saturated carbocycles. The van der Waals surface area contributed by atoms with Crippen LogP contribution in [0.3, 0.4) is 0 Å². The first-order chi connectivity index (χ1) is 10.6. The van der Waals surface area contributed by atoms with Gasteiger partial charge in [-0.3, -0.25) is 14.9 Å². The predicted octanol–water partition coefficient (Wildman–Crippen LogP) is 2.45. The highest BCUT2D eigenvalue weighted by molar-refractivity contribution is 6.01. The van der Waals surface area contributed by atoms with Crippen molar-refractivity contribution in [3.05, 3.63) is 28.8 Å². The normalized spacial score (nSPS) is 24.8. The molecule has 1 N–H and O–H groups in total. The number of allylic oxidation sites excluding steroid dienone is 2. The number of Topliss-reactive ketones (excluding diaryl/α,β-unsaturated/α-hetero) is 1. The van der Waals surface area contributed by atoms with E-state index in [0.717, 1.165) is 24.2 Å². The lowest BCUT2D eigenvalue weighted by molar-refractivity contribution is -0.116. The first kappa shape index (κ1) is 14.5. The molecule has 0 radical (unpaired) electrons. The molecule has 6 heteroatoms. The molecule has 0 aromatic carbocycles. The minimum atomic E-state index is -0.769. The van der Waals surface area contributed by atoms with Crippen LogP contribution in [0.15, 0.2) is 17.5 Å². The lowest BCUT2D eigenvalue weighted by Crippen LogP contribution is -2.34. The smallest absolute Gasteiger partial charge is 0.205 e. The van der Waals surface area contributed by atoms with Crippen LogP contribution in [0.25, 0.3) is 0 Å². The predicted molar refractivity (Wildman–Crippen MR) is 79.2 cm³/mol. The third-order valence-corrected chi connectivity index (χ3v) is 4.35. The summed E-state index contributed by atoms with van der Waals surface area (Å²) in [6, 6.07) is 2.14. The Kier molecular flexibility index (Phi) is 3.57. The van der Waals surface area contributed by atoms with Crippen LogP contribution in [0.2, 0.25) is 0 Å². The van der Waals surface area contributed by atoms with E-state index in [2.05, 4.69) is 11.2 Å². The molecule has 2 atom stereocenters. The number of rotatable bonds is 2. The van der Waals surface area contributed by atoms with Gasteiger partial charge in [0, 0.05) is 42.6 Å². The van der Waals surface area contributed by atoms with E-state index < -0.39 is 11.8 Å². The number of ketones is 1. The standard InChI is InChI=1S/C16H18N4O2/c1-3-20-8-11(9(2)19-20)14-10(7-17)16(18)22-13-6-4-5-12(21)15(13)14/h8,10,14,18H,3-6H2,1-2H3. The Hall–Kier alpha value is -2.42. The van der Waals surface area contributed by atoms with E-state index in [9.17, 15) is 10.1 Å². The van der Waals surface area contributed by atoms with Gasteiger partial charge in [-0.15, -0.1) is 0 Å². The third-order valence-electron chi connectivity index (χ3n) is 4.35.